The summed E-state index contributed by atoms with van der Waals surface area (Å²) in [6.45, 7) is 13.9. The van der Waals surface area contributed by atoms with Crippen molar-refractivity contribution in [2.75, 3.05) is 19.6 Å². The van der Waals surface area contributed by atoms with Crippen molar-refractivity contribution in [3.63, 3.8) is 0 Å². The summed E-state index contributed by atoms with van der Waals surface area (Å²) in [6.07, 6.45) is 3.38. The number of nitrogens with one attached hydrogen (secondary N) is 1. The van der Waals surface area contributed by atoms with Crippen molar-refractivity contribution < 1.29 is 0 Å². The Kier molecular flexibility index (Phi) is 14.5. The number of hydrogen-bond donors (Lipinski definition) is 2. The molecule has 0 aromatic rings. The molecule has 0 radical (unpaired) electrons. The summed E-state index contributed by atoms with van der Waals surface area (Å²) < 4.78 is 0. The SMILES string of the molecule is CCCCNC(N)=NCCCN(C(C)C)C(C)C.I. The minimum atomic E-state index is 0. The van der Waals surface area contributed by atoms with Crippen LogP contribution in [0, 0.1) is 0 Å². The maximum Gasteiger partial charge on any atom is 0.188 e. The second-order valence-electron chi connectivity index (χ2n) is 5.33. The van der Waals surface area contributed by atoms with Gasteiger partial charge >= 0.3 is 0 Å². The molecule has 0 rings (SSSR count). The first-order valence-corrected chi connectivity index (χ1v) is 7.28. The van der Waals surface area contributed by atoms with E-state index >= 15 is 0 Å². The Hall–Kier alpha value is -0.0400. The van der Waals surface area contributed by atoms with Gasteiger partial charge in [-0.25, -0.2) is 0 Å². The van der Waals surface area contributed by atoms with E-state index in [1.165, 1.54) is 6.42 Å². The first-order valence-electron chi connectivity index (χ1n) is 7.28. The molecular formula is C14H33IN4. The van der Waals surface area contributed by atoms with E-state index in [2.05, 4.69) is 49.8 Å². The van der Waals surface area contributed by atoms with Crippen molar-refractivity contribution >= 4 is 29.9 Å². The first-order chi connectivity index (χ1) is 8.49. The zero-order valence-electron chi connectivity index (χ0n) is 13.3. The average Bonchev–Trinajstić information content (AvgIpc) is 2.28. The van der Waals surface area contributed by atoms with E-state index in [-0.39, 0.29) is 24.0 Å². The highest BCUT2D eigenvalue weighted by Gasteiger charge is 2.11. The molecule has 0 heterocycles. The quantitative estimate of drug-likeness (QED) is 0.278. The van der Waals surface area contributed by atoms with Gasteiger partial charge in [-0.3, -0.25) is 9.89 Å². The number of halogens is 1. The Balaban J connectivity index is 0. The molecule has 0 bridgehead atoms. The molecule has 0 aliphatic rings. The average molecular weight is 384 g/mol. The van der Waals surface area contributed by atoms with Crippen LogP contribution >= 0.6 is 24.0 Å². The van der Waals surface area contributed by atoms with Gasteiger partial charge < -0.3 is 11.1 Å². The summed E-state index contributed by atoms with van der Waals surface area (Å²) in [6, 6.07) is 1.18. The Bertz CT molecular complexity index is 221. The predicted molar refractivity (Wildman–Crippen MR) is 96.4 cm³/mol. The zero-order valence-corrected chi connectivity index (χ0v) is 15.6. The smallest absolute Gasteiger partial charge is 0.188 e. The van der Waals surface area contributed by atoms with Crippen molar-refractivity contribution in [1.82, 2.24) is 10.2 Å². The normalized spacial score (nSPS) is 12.1. The largest absolute Gasteiger partial charge is 0.370 e. The molecule has 19 heavy (non-hydrogen) atoms. The highest BCUT2D eigenvalue weighted by atomic mass is 127. The van der Waals surface area contributed by atoms with Crippen LogP contribution in [0.15, 0.2) is 4.99 Å². The lowest BCUT2D eigenvalue weighted by Gasteiger charge is -2.30. The van der Waals surface area contributed by atoms with Gasteiger partial charge in [-0.1, -0.05) is 13.3 Å². The van der Waals surface area contributed by atoms with Crippen LogP contribution in [0.1, 0.15) is 53.9 Å². The van der Waals surface area contributed by atoms with Gasteiger partial charge in [-0.15, -0.1) is 24.0 Å². The third-order valence-corrected chi connectivity index (χ3v) is 3.02. The van der Waals surface area contributed by atoms with Gasteiger partial charge in [0, 0.05) is 31.7 Å². The van der Waals surface area contributed by atoms with Crippen molar-refractivity contribution in [2.45, 2.75) is 66.0 Å². The Morgan fingerprint density at radius 2 is 1.74 bits per heavy atom. The lowest BCUT2D eigenvalue weighted by molar-refractivity contribution is 0.174. The van der Waals surface area contributed by atoms with Crippen LogP contribution in [-0.4, -0.2) is 42.6 Å². The van der Waals surface area contributed by atoms with Crippen LogP contribution in [-0.2, 0) is 0 Å². The second kappa shape index (κ2) is 13.0. The van der Waals surface area contributed by atoms with Crippen LogP contribution in [0.5, 0.6) is 0 Å². The molecular weight excluding hydrogens is 351 g/mol. The van der Waals surface area contributed by atoms with Gasteiger partial charge in [-0.2, -0.15) is 0 Å². The van der Waals surface area contributed by atoms with Crippen LogP contribution < -0.4 is 11.1 Å². The molecule has 0 aromatic heterocycles. The lowest BCUT2D eigenvalue weighted by atomic mass is 10.2. The zero-order chi connectivity index (χ0) is 14.0. The lowest BCUT2D eigenvalue weighted by Crippen LogP contribution is -2.38. The van der Waals surface area contributed by atoms with Crippen molar-refractivity contribution in [3.8, 4) is 0 Å². The molecule has 0 unspecified atom stereocenters. The summed E-state index contributed by atoms with van der Waals surface area (Å²) >= 11 is 0. The number of guanidine groups is 1. The molecule has 0 saturated carbocycles. The van der Waals surface area contributed by atoms with Crippen molar-refractivity contribution in [3.05, 3.63) is 0 Å². The minimum Gasteiger partial charge on any atom is -0.370 e. The summed E-state index contributed by atoms with van der Waals surface area (Å²) in [5.41, 5.74) is 5.78. The van der Waals surface area contributed by atoms with E-state index in [9.17, 15) is 0 Å². The van der Waals surface area contributed by atoms with Crippen LogP contribution in [0.4, 0.5) is 0 Å². The molecule has 0 amide bonds. The van der Waals surface area contributed by atoms with Crippen molar-refractivity contribution in [2.24, 2.45) is 10.7 Å². The fraction of sp³-hybridized carbons (Fsp3) is 0.929. The summed E-state index contributed by atoms with van der Waals surface area (Å²) in [5.74, 6) is 0.587. The van der Waals surface area contributed by atoms with E-state index in [0.29, 0.717) is 18.0 Å². The fourth-order valence-electron chi connectivity index (χ4n) is 2.01. The molecule has 0 aliphatic carbocycles. The third-order valence-electron chi connectivity index (χ3n) is 3.02. The molecule has 0 fully saturated rings. The van der Waals surface area contributed by atoms with Gasteiger partial charge in [0.25, 0.3) is 0 Å². The van der Waals surface area contributed by atoms with E-state index in [1.807, 2.05) is 0 Å². The van der Waals surface area contributed by atoms with Crippen molar-refractivity contribution in [1.29, 1.82) is 0 Å². The second-order valence-corrected chi connectivity index (χ2v) is 5.33. The molecule has 116 valence electrons. The number of nitrogens with two attached hydrogens (primary N) is 1. The van der Waals surface area contributed by atoms with Gasteiger partial charge in [0.2, 0.25) is 0 Å². The summed E-state index contributed by atoms with van der Waals surface area (Å²) in [4.78, 5) is 6.83. The van der Waals surface area contributed by atoms with E-state index in [1.54, 1.807) is 0 Å². The molecule has 0 aliphatic heterocycles. The molecule has 5 heteroatoms. The number of rotatable bonds is 9. The Morgan fingerprint density at radius 1 is 1.16 bits per heavy atom. The van der Waals surface area contributed by atoms with E-state index < -0.39 is 0 Å². The third kappa shape index (κ3) is 11.5. The molecule has 3 N–H and O–H groups in total. The van der Waals surface area contributed by atoms with Gasteiger partial charge in [-0.05, 0) is 40.5 Å². The highest BCUT2D eigenvalue weighted by molar-refractivity contribution is 14.0. The maximum absolute atomic E-state index is 5.78. The predicted octanol–water partition coefficient (Wildman–Crippen LogP) is 2.82. The molecule has 0 atom stereocenters. The van der Waals surface area contributed by atoms with E-state index in [0.717, 1.165) is 32.5 Å². The van der Waals surface area contributed by atoms with Gasteiger partial charge in [0.1, 0.15) is 0 Å². The molecule has 4 nitrogen and oxygen atoms in total. The number of nitrogens with zero attached hydrogens (tertiary/aromatic N) is 2. The van der Waals surface area contributed by atoms with E-state index in [4.69, 9.17) is 5.73 Å². The monoisotopic (exact) mass is 384 g/mol. The number of unbranched alkanes of at least 4 members (excludes halogenated alkanes) is 1. The number of aliphatic imine (C=N–C) groups is 1. The van der Waals surface area contributed by atoms with Crippen LogP contribution in [0.25, 0.3) is 0 Å². The maximum atomic E-state index is 5.78. The molecule has 0 saturated heterocycles. The highest BCUT2D eigenvalue weighted by Crippen LogP contribution is 2.05. The summed E-state index contributed by atoms with van der Waals surface area (Å²) in [5, 5.41) is 3.13. The Morgan fingerprint density at radius 3 is 2.21 bits per heavy atom. The topological polar surface area (TPSA) is 53.6 Å². The first kappa shape index (κ1) is 21.3. The Labute approximate surface area is 136 Å². The summed E-state index contributed by atoms with van der Waals surface area (Å²) in [7, 11) is 0. The van der Waals surface area contributed by atoms with Gasteiger partial charge in [0.05, 0.1) is 0 Å². The van der Waals surface area contributed by atoms with Gasteiger partial charge in [0.15, 0.2) is 5.96 Å². The van der Waals surface area contributed by atoms with Crippen LogP contribution in [0.3, 0.4) is 0 Å². The molecule has 0 spiro atoms. The molecule has 0 aromatic carbocycles. The number of hydrogen-bond acceptors (Lipinski definition) is 2. The standard InChI is InChI=1S/C14H32N4.HI/c1-6-7-9-16-14(15)17-10-8-11-18(12(2)3)13(4)5;/h12-13H,6-11H2,1-5H3,(H3,15,16,17);1H. The minimum absolute atomic E-state index is 0. The van der Waals surface area contributed by atoms with Crippen LogP contribution in [0.2, 0.25) is 0 Å². The fourth-order valence-corrected chi connectivity index (χ4v) is 2.01.